The molecule has 0 spiro atoms. The van der Waals surface area contributed by atoms with E-state index in [0.29, 0.717) is 17.0 Å². The van der Waals surface area contributed by atoms with Gasteiger partial charge in [-0.3, -0.25) is 10.1 Å². The second-order valence-electron chi connectivity index (χ2n) is 8.54. The Balaban J connectivity index is 1.12. The minimum atomic E-state index is -0.372. The minimum absolute atomic E-state index is 0.171. The van der Waals surface area contributed by atoms with Crippen LogP contribution in [0, 0.1) is 0 Å². The smallest absolute Gasteiger partial charge is 0.250 e. The van der Waals surface area contributed by atoms with Crippen LogP contribution in [0.1, 0.15) is 5.76 Å². The van der Waals surface area contributed by atoms with Crippen LogP contribution in [0.15, 0.2) is 114 Å². The first-order chi connectivity index (χ1) is 18.6. The molecule has 0 saturated carbocycles. The van der Waals surface area contributed by atoms with Crippen LogP contribution >= 0.6 is 12.2 Å². The van der Waals surface area contributed by atoms with Crippen molar-refractivity contribution >= 4 is 56.8 Å². The highest BCUT2D eigenvalue weighted by Gasteiger charge is 2.10. The summed E-state index contributed by atoms with van der Waals surface area (Å²) in [5, 5.41) is 17.3. The zero-order valence-corrected chi connectivity index (χ0v) is 20.9. The third kappa shape index (κ3) is 4.93. The molecule has 0 saturated heterocycles. The molecule has 2 aromatic heterocycles. The van der Waals surface area contributed by atoms with Crippen LogP contribution in [0.2, 0.25) is 0 Å². The Kier molecular flexibility index (Phi) is 6.21. The second-order valence-corrected chi connectivity index (χ2v) is 8.94. The number of thiocarbonyl (C=S) groups is 1. The molecular formula is C30H21N5O2S. The molecule has 6 rings (SSSR count). The number of anilines is 1. The van der Waals surface area contributed by atoms with E-state index in [1.165, 1.54) is 6.08 Å². The van der Waals surface area contributed by atoms with E-state index >= 15 is 0 Å². The number of amides is 1. The number of benzene rings is 4. The van der Waals surface area contributed by atoms with Gasteiger partial charge in [0.15, 0.2) is 5.11 Å². The molecule has 0 bridgehead atoms. The average Bonchev–Trinajstić information content (AvgIpc) is 3.59. The van der Waals surface area contributed by atoms with E-state index in [2.05, 4.69) is 39.0 Å². The molecule has 8 heteroatoms. The van der Waals surface area contributed by atoms with Crippen molar-refractivity contribution in [1.82, 2.24) is 20.3 Å². The fraction of sp³-hybridized carbons (Fsp3) is 0. The lowest BCUT2D eigenvalue weighted by atomic mass is 10.1. The number of carbonyl (C=O) groups is 1. The zero-order chi connectivity index (χ0) is 25.9. The quantitative estimate of drug-likeness (QED) is 0.205. The molecule has 0 aliphatic heterocycles. The number of aromatic nitrogens is 3. The number of nitrogens with zero attached hydrogens (tertiary/aromatic N) is 3. The lowest BCUT2D eigenvalue weighted by molar-refractivity contribution is -0.115. The predicted molar refractivity (Wildman–Crippen MR) is 154 cm³/mol. The summed E-state index contributed by atoms with van der Waals surface area (Å²) in [6.45, 7) is 0. The van der Waals surface area contributed by atoms with Gasteiger partial charge < -0.3 is 9.73 Å². The lowest BCUT2D eigenvalue weighted by Gasteiger charge is -2.07. The van der Waals surface area contributed by atoms with Crippen molar-refractivity contribution in [1.29, 1.82) is 0 Å². The Labute approximate surface area is 223 Å². The third-order valence-electron chi connectivity index (χ3n) is 5.94. The number of hydrogen-bond acceptors (Lipinski definition) is 5. The van der Waals surface area contributed by atoms with Crippen LogP contribution in [0.4, 0.5) is 5.69 Å². The summed E-state index contributed by atoms with van der Waals surface area (Å²) in [4.78, 5) is 14.0. The summed E-state index contributed by atoms with van der Waals surface area (Å²) in [7, 11) is 0. The van der Waals surface area contributed by atoms with Crippen LogP contribution < -0.4 is 10.6 Å². The van der Waals surface area contributed by atoms with E-state index in [4.69, 9.17) is 16.6 Å². The van der Waals surface area contributed by atoms with Gasteiger partial charge in [0.25, 0.3) is 0 Å². The Bertz CT molecular complexity index is 1820. The predicted octanol–water partition coefficient (Wildman–Crippen LogP) is 6.36. The molecule has 0 aliphatic rings. The highest BCUT2D eigenvalue weighted by Crippen LogP contribution is 2.24. The Morgan fingerprint density at radius 1 is 0.842 bits per heavy atom. The summed E-state index contributed by atoms with van der Waals surface area (Å²) in [6, 6.07) is 33.1. The van der Waals surface area contributed by atoms with Crippen molar-refractivity contribution in [2.75, 3.05) is 5.32 Å². The van der Waals surface area contributed by atoms with Gasteiger partial charge in [-0.1, -0.05) is 66.7 Å². The molecule has 6 aromatic rings. The summed E-state index contributed by atoms with van der Waals surface area (Å²) >= 11 is 5.33. The van der Waals surface area contributed by atoms with Gasteiger partial charge in [0.05, 0.1) is 5.69 Å². The van der Waals surface area contributed by atoms with Gasteiger partial charge in [0.2, 0.25) is 5.91 Å². The van der Waals surface area contributed by atoms with Gasteiger partial charge in [0.1, 0.15) is 22.6 Å². The first kappa shape index (κ1) is 23.3. The standard InChI is InChI=1S/C30H21N5O2S/c36-29(18-15-23-14-17-28(37-23)21-8-2-1-3-9-21)32-30(38)31-22-13-16-25-26(19-22)34-35(33-25)27-12-6-10-20-7-4-5-11-24(20)27/h1-19H,(H2,31,32,36,38)/b18-15+. The average molecular weight is 516 g/mol. The largest absolute Gasteiger partial charge is 0.457 e. The van der Waals surface area contributed by atoms with Gasteiger partial charge >= 0.3 is 0 Å². The van der Waals surface area contributed by atoms with E-state index in [1.807, 2.05) is 84.9 Å². The van der Waals surface area contributed by atoms with E-state index in [0.717, 1.165) is 33.3 Å². The van der Waals surface area contributed by atoms with E-state index in [9.17, 15) is 4.79 Å². The summed E-state index contributed by atoms with van der Waals surface area (Å²) in [5.41, 5.74) is 4.00. The summed E-state index contributed by atoms with van der Waals surface area (Å²) < 4.78 is 5.79. The van der Waals surface area contributed by atoms with Crippen LogP contribution in [0.25, 0.3) is 44.9 Å². The summed E-state index contributed by atoms with van der Waals surface area (Å²) in [5.74, 6) is 0.927. The molecular weight excluding hydrogens is 494 g/mol. The molecule has 7 nitrogen and oxygen atoms in total. The Morgan fingerprint density at radius 3 is 2.53 bits per heavy atom. The van der Waals surface area contributed by atoms with E-state index in [1.54, 1.807) is 10.9 Å². The molecule has 0 radical (unpaired) electrons. The summed E-state index contributed by atoms with van der Waals surface area (Å²) in [6.07, 6.45) is 2.97. The van der Waals surface area contributed by atoms with Gasteiger partial charge in [-0.25, -0.2) is 0 Å². The minimum Gasteiger partial charge on any atom is -0.457 e. The molecule has 1 amide bonds. The van der Waals surface area contributed by atoms with Crippen molar-refractivity contribution < 1.29 is 9.21 Å². The highest BCUT2D eigenvalue weighted by atomic mass is 32.1. The Hall–Kier alpha value is -5.08. The monoisotopic (exact) mass is 515 g/mol. The van der Waals surface area contributed by atoms with Gasteiger partial charge in [-0.2, -0.15) is 0 Å². The van der Waals surface area contributed by atoms with Crippen molar-refractivity contribution in [3.63, 3.8) is 0 Å². The van der Waals surface area contributed by atoms with Crippen molar-refractivity contribution in [3.05, 3.63) is 115 Å². The molecule has 0 atom stereocenters. The first-order valence-electron chi connectivity index (χ1n) is 11.9. The SMILES string of the molecule is O=C(/C=C/c1ccc(-c2ccccc2)o1)NC(=S)Nc1ccc2nn(-c3cccc4ccccc34)nc2c1. The number of hydrogen-bond donors (Lipinski definition) is 2. The molecule has 0 fully saturated rings. The molecule has 184 valence electrons. The number of fused-ring (bicyclic) bond motifs is 2. The number of carbonyl (C=O) groups excluding carboxylic acids is 1. The molecule has 2 heterocycles. The fourth-order valence-corrected chi connectivity index (χ4v) is 4.37. The van der Waals surface area contributed by atoms with Crippen LogP contribution in [-0.4, -0.2) is 26.0 Å². The first-order valence-corrected chi connectivity index (χ1v) is 12.3. The van der Waals surface area contributed by atoms with Crippen LogP contribution in [-0.2, 0) is 4.79 Å². The van der Waals surface area contributed by atoms with Crippen molar-refractivity contribution in [3.8, 4) is 17.0 Å². The van der Waals surface area contributed by atoms with E-state index < -0.39 is 0 Å². The highest BCUT2D eigenvalue weighted by molar-refractivity contribution is 7.80. The number of nitrogens with one attached hydrogen (secondary N) is 2. The van der Waals surface area contributed by atoms with Gasteiger partial charge in [-0.15, -0.1) is 15.0 Å². The van der Waals surface area contributed by atoms with E-state index in [-0.39, 0.29) is 11.0 Å². The van der Waals surface area contributed by atoms with Crippen molar-refractivity contribution in [2.24, 2.45) is 0 Å². The molecule has 38 heavy (non-hydrogen) atoms. The molecule has 0 aliphatic carbocycles. The maximum Gasteiger partial charge on any atom is 0.250 e. The Morgan fingerprint density at radius 2 is 1.63 bits per heavy atom. The van der Waals surface area contributed by atoms with Crippen LogP contribution in [0.5, 0.6) is 0 Å². The normalized spacial score (nSPS) is 11.3. The lowest BCUT2D eigenvalue weighted by Crippen LogP contribution is -2.32. The fourth-order valence-electron chi connectivity index (χ4n) is 4.16. The topological polar surface area (TPSA) is 85.0 Å². The zero-order valence-electron chi connectivity index (χ0n) is 20.0. The third-order valence-corrected chi connectivity index (χ3v) is 6.15. The number of rotatable bonds is 5. The molecule has 2 N–H and O–H groups in total. The molecule has 4 aromatic carbocycles. The maximum absolute atomic E-state index is 12.4. The maximum atomic E-state index is 12.4. The van der Waals surface area contributed by atoms with Gasteiger partial charge in [-0.05, 0) is 60.1 Å². The number of furan rings is 1. The van der Waals surface area contributed by atoms with Crippen molar-refractivity contribution in [2.45, 2.75) is 0 Å². The second kappa shape index (κ2) is 10.1. The van der Waals surface area contributed by atoms with Crippen LogP contribution in [0.3, 0.4) is 0 Å². The van der Waals surface area contributed by atoms with Gasteiger partial charge in [0, 0.05) is 22.7 Å². The molecule has 0 unspecified atom stereocenters.